The molecule has 1 unspecified atom stereocenters. The first-order valence-corrected chi connectivity index (χ1v) is 7.24. The molecule has 0 amide bonds. The van der Waals surface area contributed by atoms with Crippen LogP contribution in [-0.4, -0.2) is 0 Å². The molecule has 0 fully saturated rings. The molecule has 1 heteroatoms. The molecular formula is C19H22F. The van der Waals surface area contributed by atoms with Crippen molar-refractivity contribution in [3.63, 3.8) is 0 Å². The molecule has 0 aliphatic rings. The Hall–Kier alpha value is -1.63. The lowest BCUT2D eigenvalue weighted by atomic mass is 9.87. The van der Waals surface area contributed by atoms with Gasteiger partial charge in [-0.15, -0.1) is 0 Å². The van der Waals surface area contributed by atoms with Gasteiger partial charge in [0.15, 0.2) is 0 Å². The first kappa shape index (κ1) is 14.8. The van der Waals surface area contributed by atoms with E-state index >= 15 is 0 Å². The fourth-order valence-corrected chi connectivity index (χ4v) is 2.77. The molecule has 0 heterocycles. The molecule has 0 saturated carbocycles. The maximum absolute atomic E-state index is 13.1. The van der Waals surface area contributed by atoms with Gasteiger partial charge < -0.3 is 0 Å². The van der Waals surface area contributed by atoms with Crippen molar-refractivity contribution < 1.29 is 4.39 Å². The van der Waals surface area contributed by atoms with E-state index in [-0.39, 0.29) is 5.82 Å². The molecule has 0 aliphatic carbocycles. The summed E-state index contributed by atoms with van der Waals surface area (Å²) in [6.45, 7) is 6.41. The van der Waals surface area contributed by atoms with Crippen molar-refractivity contribution in [2.45, 2.75) is 39.5 Å². The van der Waals surface area contributed by atoms with Gasteiger partial charge >= 0.3 is 0 Å². The van der Waals surface area contributed by atoms with Crippen molar-refractivity contribution >= 4 is 0 Å². The minimum atomic E-state index is -0.171. The third-order valence-corrected chi connectivity index (χ3v) is 3.56. The van der Waals surface area contributed by atoms with Crippen molar-refractivity contribution in [3.05, 3.63) is 77.0 Å². The highest BCUT2D eigenvalue weighted by atomic mass is 19.1. The molecule has 1 radical (unpaired) electrons. The molecule has 0 nitrogen and oxygen atoms in total. The van der Waals surface area contributed by atoms with Gasteiger partial charge in [0.05, 0.1) is 0 Å². The van der Waals surface area contributed by atoms with E-state index in [1.54, 1.807) is 12.1 Å². The molecule has 0 aliphatic heterocycles. The summed E-state index contributed by atoms with van der Waals surface area (Å²) < 4.78 is 13.1. The van der Waals surface area contributed by atoms with Crippen LogP contribution in [0.2, 0.25) is 0 Å². The largest absolute Gasteiger partial charge is 0.207 e. The van der Waals surface area contributed by atoms with Gasteiger partial charge in [-0.1, -0.05) is 54.8 Å². The summed E-state index contributed by atoms with van der Waals surface area (Å²) in [4.78, 5) is 0. The summed E-state index contributed by atoms with van der Waals surface area (Å²) >= 11 is 0. The summed E-state index contributed by atoms with van der Waals surface area (Å²) in [5, 5.41) is 0. The second-order valence-corrected chi connectivity index (χ2v) is 5.50. The number of halogens is 1. The fraction of sp³-hybridized carbons (Fsp3) is 0.316. The maximum atomic E-state index is 13.1. The Balaban J connectivity index is 2.22. The van der Waals surface area contributed by atoms with Crippen molar-refractivity contribution in [3.8, 4) is 0 Å². The minimum Gasteiger partial charge on any atom is -0.207 e. The molecule has 1 atom stereocenters. The van der Waals surface area contributed by atoms with Gasteiger partial charge in [0.2, 0.25) is 0 Å². The van der Waals surface area contributed by atoms with Crippen molar-refractivity contribution in [2.24, 2.45) is 0 Å². The van der Waals surface area contributed by atoms with Crippen LogP contribution < -0.4 is 0 Å². The predicted octanol–water partition coefficient (Wildman–Crippen LogP) is 5.38. The van der Waals surface area contributed by atoms with Gasteiger partial charge in [-0.05, 0) is 55.9 Å². The van der Waals surface area contributed by atoms with E-state index in [2.05, 4.69) is 45.4 Å². The Morgan fingerprint density at radius 3 is 2.15 bits per heavy atom. The number of benzene rings is 2. The van der Waals surface area contributed by atoms with E-state index in [0.717, 1.165) is 12.8 Å². The average molecular weight is 269 g/mol. The van der Waals surface area contributed by atoms with Crippen molar-refractivity contribution in [1.29, 1.82) is 0 Å². The van der Waals surface area contributed by atoms with Crippen molar-refractivity contribution in [2.75, 3.05) is 0 Å². The van der Waals surface area contributed by atoms with Crippen LogP contribution in [0.25, 0.3) is 0 Å². The normalized spacial score (nSPS) is 12.4. The highest BCUT2D eigenvalue weighted by molar-refractivity contribution is 5.32. The molecule has 0 N–H and O–H groups in total. The minimum absolute atomic E-state index is 0.171. The molecule has 105 valence electrons. The van der Waals surface area contributed by atoms with Gasteiger partial charge in [0, 0.05) is 0 Å². The lowest BCUT2D eigenvalue weighted by molar-refractivity contribution is 0.625. The highest BCUT2D eigenvalue weighted by Crippen LogP contribution is 2.26. The Morgan fingerprint density at radius 2 is 1.60 bits per heavy atom. The maximum Gasteiger partial charge on any atom is 0.123 e. The zero-order valence-electron chi connectivity index (χ0n) is 12.5. The molecular weight excluding hydrogens is 247 g/mol. The second kappa shape index (κ2) is 6.69. The standard InChI is InChI=1S/C19H22F/c1-4-5-18(17-6-8-19(20)9-7-17)13-16-11-14(2)10-15(3)12-16/h5-12,18H,4,13H2,1-3H3. The van der Waals surface area contributed by atoms with Crippen LogP contribution in [0.4, 0.5) is 4.39 Å². The molecule has 0 bridgehead atoms. The van der Waals surface area contributed by atoms with Gasteiger partial charge in [-0.2, -0.15) is 0 Å². The lowest BCUT2D eigenvalue weighted by Gasteiger charge is -2.17. The van der Waals surface area contributed by atoms with Crippen molar-refractivity contribution in [1.82, 2.24) is 0 Å². The van der Waals surface area contributed by atoms with E-state index in [9.17, 15) is 4.39 Å². The van der Waals surface area contributed by atoms with Crippen LogP contribution in [-0.2, 0) is 6.42 Å². The molecule has 2 aromatic rings. The summed E-state index contributed by atoms with van der Waals surface area (Å²) in [7, 11) is 0. The third-order valence-electron chi connectivity index (χ3n) is 3.56. The SMILES string of the molecule is CC[CH]C(Cc1cc(C)cc(C)c1)c1ccc(F)cc1. The zero-order chi connectivity index (χ0) is 14.5. The van der Waals surface area contributed by atoms with E-state index < -0.39 is 0 Å². The Kier molecular flexibility index (Phi) is 4.94. The zero-order valence-corrected chi connectivity index (χ0v) is 12.5. The van der Waals surface area contributed by atoms with E-state index in [1.165, 1.54) is 22.3 Å². The summed E-state index contributed by atoms with van der Waals surface area (Å²) in [5.74, 6) is 0.178. The number of aryl methyl sites for hydroxylation is 2. The molecule has 0 saturated heterocycles. The number of hydrogen-bond donors (Lipinski definition) is 0. The first-order valence-electron chi connectivity index (χ1n) is 7.24. The second-order valence-electron chi connectivity index (χ2n) is 5.50. The smallest absolute Gasteiger partial charge is 0.123 e. The molecule has 2 rings (SSSR count). The average Bonchev–Trinajstić information content (AvgIpc) is 2.38. The Morgan fingerprint density at radius 1 is 1.00 bits per heavy atom. The van der Waals surface area contributed by atoms with Crippen LogP contribution in [0.1, 0.15) is 41.5 Å². The fourth-order valence-electron chi connectivity index (χ4n) is 2.77. The predicted molar refractivity (Wildman–Crippen MR) is 83.4 cm³/mol. The van der Waals surface area contributed by atoms with Crippen LogP contribution in [0.15, 0.2) is 42.5 Å². The van der Waals surface area contributed by atoms with Gasteiger partial charge in [-0.25, -0.2) is 4.39 Å². The first-order chi connectivity index (χ1) is 9.58. The highest BCUT2D eigenvalue weighted by Gasteiger charge is 2.12. The van der Waals surface area contributed by atoms with Gasteiger partial charge in [0.1, 0.15) is 5.82 Å². The van der Waals surface area contributed by atoms with Crippen LogP contribution in [0.5, 0.6) is 0 Å². The monoisotopic (exact) mass is 269 g/mol. The van der Waals surface area contributed by atoms with E-state index in [0.29, 0.717) is 5.92 Å². The van der Waals surface area contributed by atoms with E-state index in [1.807, 2.05) is 12.1 Å². The number of rotatable bonds is 5. The van der Waals surface area contributed by atoms with E-state index in [4.69, 9.17) is 0 Å². The summed E-state index contributed by atoms with van der Waals surface area (Å²) in [6, 6.07) is 13.6. The third kappa shape index (κ3) is 3.93. The number of hydrogen-bond acceptors (Lipinski definition) is 0. The van der Waals surface area contributed by atoms with Gasteiger partial charge in [-0.3, -0.25) is 0 Å². The van der Waals surface area contributed by atoms with Crippen LogP contribution in [0.3, 0.4) is 0 Å². The Bertz CT molecular complexity index is 534. The van der Waals surface area contributed by atoms with Gasteiger partial charge in [0.25, 0.3) is 0 Å². The summed E-state index contributed by atoms with van der Waals surface area (Å²) in [5.41, 5.74) is 5.14. The van der Waals surface area contributed by atoms with Crippen LogP contribution >= 0.6 is 0 Å². The molecule has 2 aromatic carbocycles. The Labute approximate surface area is 121 Å². The molecule has 0 aromatic heterocycles. The lowest BCUT2D eigenvalue weighted by Crippen LogP contribution is -2.04. The topological polar surface area (TPSA) is 0 Å². The summed E-state index contributed by atoms with van der Waals surface area (Å²) in [6.07, 6.45) is 4.31. The molecule has 20 heavy (non-hydrogen) atoms. The molecule has 0 spiro atoms. The quantitative estimate of drug-likeness (QED) is 0.683. The van der Waals surface area contributed by atoms with Crippen LogP contribution in [0, 0.1) is 26.1 Å².